The molecule has 0 unspecified atom stereocenters. The maximum Gasteiger partial charge on any atom is 0.335 e. The Morgan fingerprint density at radius 2 is 1.67 bits per heavy atom. The standard InChI is InChI=1S/C8H13N.O2S/c1-7-2-4-8(6-9)5-3-7;1-3-2/h7-8H,2-5H2,1H3;. The Morgan fingerprint density at radius 1 is 1.25 bits per heavy atom. The number of nitriles is 1. The molecule has 0 amide bonds. The topological polar surface area (TPSA) is 57.9 Å². The molecule has 0 N–H and O–H groups in total. The van der Waals surface area contributed by atoms with E-state index in [1.54, 1.807) is 0 Å². The van der Waals surface area contributed by atoms with Crippen molar-refractivity contribution >= 4 is 11.6 Å². The minimum Gasteiger partial charge on any atom is -0.198 e. The molecule has 0 spiro atoms. The van der Waals surface area contributed by atoms with Crippen molar-refractivity contribution in [3.63, 3.8) is 0 Å². The lowest BCUT2D eigenvalue weighted by atomic mass is 9.84. The van der Waals surface area contributed by atoms with Gasteiger partial charge < -0.3 is 0 Å². The normalized spacial score (nSPS) is 27.7. The minimum absolute atomic E-state index is 0.376. The van der Waals surface area contributed by atoms with Gasteiger partial charge in [-0.05, 0) is 31.6 Å². The molecule has 4 heteroatoms. The SMILES string of the molecule is CC1CCC(C#N)CC1.O=S=O. The van der Waals surface area contributed by atoms with Crippen molar-refractivity contribution in [2.45, 2.75) is 32.6 Å². The third-order valence-corrected chi connectivity index (χ3v) is 2.20. The van der Waals surface area contributed by atoms with Gasteiger partial charge in [0.2, 0.25) is 0 Å². The van der Waals surface area contributed by atoms with E-state index in [4.69, 9.17) is 13.7 Å². The Labute approximate surface area is 76.4 Å². The Hall–Kier alpha value is -0.690. The lowest BCUT2D eigenvalue weighted by Gasteiger charge is -2.20. The molecule has 0 radical (unpaired) electrons. The van der Waals surface area contributed by atoms with E-state index in [0.29, 0.717) is 5.92 Å². The largest absolute Gasteiger partial charge is 0.335 e. The second-order valence-electron chi connectivity index (χ2n) is 3.15. The second-order valence-corrected chi connectivity index (χ2v) is 3.29. The van der Waals surface area contributed by atoms with Gasteiger partial charge in [0.25, 0.3) is 0 Å². The average Bonchev–Trinajstić information content (AvgIpc) is 2.07. The molecule has 1 aliphatic carbocycles. The molecule has 0 aromatic heterocycles. The summed E-state index contributed by atoms with van der Waals surface area (Å²) < 4.78 is 16.6. The van der Waals surface area contributed by atoms with Gasteiger partial charge in [-0.1, -0.05) is 6.92 Å². The van der Waals surface area contributed by atoms with Crippen molar-refractivity contribution in [1.82, 2.24) is 0 Å². The predicted octanol–water partition coefficient (Wildman–Crippen LogP) is 1.67. The van der Waals surface area contributed by atoms with Crippen LogP contribution in [0.1, 0.15) is 32.6 Å². The van der Waals surface area contributed by atoms with Crippen LogP contribution in [-0.4, -0.2) is 8.42 Å². The van der Waals surface area contributed by atoms with E-state index in [1.807, 2.05) is 0 Å². The van der Waals surface area contributed by atoms with Crippen LogP contribution in [0.5, 0.6) is 0 Å². The molecule has 12 heavy (non-hydrogen) atoms. The highest BCUT2D eigenvalue weighted by Crippen LogP contribution is 2.27. The maximum absolute atomic E-state index is 8.53. The molecule has 0 heterocycles. The van der Waals surface area contributed by atoms with Crippen LogP contribution in [0, 0.1) is 23.2 Å². The van der Waals surface area contributed by atoms with Gasteiger partial charge >= 0.3 is 11.6 Å². The Kier molecular flexibility index (Phi) is 6.58. The highest BCUT2D eigenvalue weighted by atomic mass is 32.1. The van der Waals surface area contributed by atoms with Crippen molar-refractivity contribution in [1.29, 1.82) is 5.26 Å². The summed E-state index contributed by atoms with van der Waals surface area (Å²) in [4.78, 5) is 0. The van der Waals surface area contributed by atoms with Gasteiger partial charge in [0.15, 0.2) is 0 Å². The van der Waals surface area contributed by atoms with Crippen LogP contribution >= 0.6 is 0 Å². The van der Waals surface area contributed by atoms with Crippen molar-refractivity contribution in [2.24, 2.45) is 11.8 Å². The molecule has 1 rings (SSSR count). The fourth-order valence-corrected chi connectivity index (χ4v) is 1.39. The number of hydrogen-bond acceptors (Lipinski definition) is 3. The van der Waals surface area contributed by atoms with Crippen LogP contribution < -0.4 is 0 Å². The van der Waals surface area contributed by atoms with Crippen LogP contribution in [0.3, 0.4) is 0 Å². The van der Waals surface area contributed by atoms with Crippen molar-refractivity contribution < 1.29 is 8.42 Å². The number of rotatable bonds is 0. The van der Waals surface area contributed by atoms with Crippen molar-refractivity contribution in [3.8, 4) is 6.07 Å². The van der Waals surface area contributed by atoms with Gasteiger partial charge in [0.05, 0.1) is 6.07 Å². The summed E-state index contributed by atoms with van der Waals surface area (Å²) in [5, 5.41) is 8.53. The second kappa shape index (κ2) is 6.99. The number of nitrogens with zero attached hydrogens (tertiary/aromatic N) is 1. The molecule has 3 nitrogen and oxygen atoms in total. The van der Waals surface area contributed by atoms with Crippen LogP contribution in [0.2, 0.25) is 0 Å². The van der Waals surface area contributed by atoms with Crippen molar-refractivity contribution in [2.75, 3.05) is 0 Å². The molecule has 1 aliphatic rings. The Balaban J connectivity index is 0.000000354. The van der Waals surface area contributed by atoms with Gasteiger partial charge in [-0.3, -0.25) is 0 Å². The highest BCUT2D eigenvalue weighted by molar-refractivity contribution is 7.51. The van der Waals surface area contributed by atoms with E-state index in [2.05, 4.69) is 13.0 Å². The molecule has 0 aromatic rings. The van der Waals surface area contributed by atoms with E-state index in [9.17, 15) is 0 Å². The minimum atomic E-state index is -0.750. The zero-order valence-corrected chi connectivity index (χ0v) is 7.97. The molecule has 0 bridgehead atoms. The Morgan fingerprint density at radius 3 is 2.00 bits per heavy atom. The average molecular weight is 187 g/mol. The quantitative estimate of drug-likeness (QED) is 0.579. The van der Waals surface area contributed by atoms with E-state index < -0.39 is 11.6 Å². The first-order valence-electron chi connectivity index (χ1n) is 4.06. The van der Waals surface area contributed by atoms with Gasteiger partial charge in [-0.15, -0.1) is 0 Å². The lowest BCUT2D eigenvalue weighted by Crippen LogP contribution is -2.09. The van der Waals surface area contributed by atoms with Crippen LogP contribution in [0.4, 0.5) is 0 Å². The fourth-order valence-electron chi connectivity index (χ4n) is 1.39. The maximum atomic E-state index is 8.53. The van der Waals surface area contributed by atoms with E-state index >= 15 is 0 Å². The lowest BCUT2D eigenvalue weighted by molar-refractivity contribution is 0.336. The van der Waals surface area contributed by atoms with Crippen molar-refractivity contribution in [3.05, 3.63) is 0 Å². The van der Waals surface area contributed by atoms with E-state index in [-0.39, 0.29) is 0 Å². The Bertz CT molecular complexity index is 186. The molecule has 0 atom stereocenters. The first kappa shape index (κ1) is 11.3. The summed E-state index contributed by atoms with van der Waals surface area (Å²) in [5.74, 6) is 1.25. The monoisotopic (exact) mass is 187 g/mol. The van der Waals surface area contributed by atoms with Gasteiger partial charge in [0, 0.05) is 5.92 Å². The van der Waals surface area contributed by atoms with Crippen LogP contribution in [-0.2, 0) is 11.6 Å². The number of hydrogen-bond donors (Lipinski definition) is 0. The summed E-state index contributed by atoms with van der Waals surface area (Å²) in [6, 6.07) is 2.32. The molecule has 0 aliphatic heterocycles. The molecule has 1 saturated carbocycles. The summed E-state index contributed by atoms with van der Waals surface area (Å²) in [7, 11) is 0. The van der Waals surface area contributed by atoms with Gasteiger partial charge in [-0.25, -0.2) is 0 Å². The highest BCUT2D eigenvalue weighted by Gasteiger charge is 2.16. The summed E-state index contributed by atoms with van der Waals surface area (Å²) in [6.45, 7) is 2.27. The predicted molar refractivity (Wildman–Crippen MR) is 45.7 cm³/mol. The van der Waals surface area contributed by atoms with Crippen LogP contribution in [0.15, 0.2) is 0 Å². The summed E-state index contributed by atoms with van der Waals surface area (Å²) in [5.41, 5.74) is 0. The molecular weight excluding hydrogens is 174 g/mol. The van der Waals surface area contributed by atoms with Crippen LogP contribution in [0.25, 0.3) is 0 Å². The fraction of sp³-hybridized carbons (Fsp3) is 0.875. The zero-order valence-electron chi connectivity index (χ0n) is 7.16. The molecule has 68 valence electrons. The summed E-state index contributed by atoms with van der Waals surface area (Å²) in [6.07, 6.45) is 4.80. The summed E-state index contributed by atoms with van der Waals surface area (Å²) >= 11 is -0.750. The molecule has 1 fully saturated rings. The molecular formula is C8H13NO2S. The third kappa shape index (κ3) is 5.03. The smallest absolute Gasteiger partial charge is 0.198 e. The first-order chi connectivity index (χ1) is 5.74. The van der Waals surface area contributed by atoms with Gasteiger partial charge in [-0.2, -0.15) is 13.7 Å². The van der Waals surface area contributed by atoms with E-state index in [1.165, 1.54) is 12.8 Å². The molecule has 0 aromatic carbocycles. The molecule has 0 saturated heterocycles. The first-order valence-corrected chi connectivity index (χ1v) is 4.72. The zero-order chi connectivity index (χ0) is 9.40. The van der Waals surface area contributed by atoms with E-state index in [0.717, 1.165) is 18.8 Å². The van der Waals surface area contributed by atoms with Gasteiger partial charge in [0.1, 0.15) is 0 Å². The third-order valence-electron chi connectivity index (χ3n) is 2.20.